The summed E-state index contributed by atoms with van der Waals surface area (Å²) < 4.78 is 23.7. The second-order valence-electron chi connectivity index (χ2n) is 10.9. The number of carbonyl (C=O) groups is 1. The average molecular weight is 519 g/mol. The third-order valence-corrected chi connectivity index (χ3v) is 7.81. The second kappa shape index (κ2) is 8.34. The van der Waals surface area contributed by atoms with Crippen molar-refractivity contribution in [3.05, 3.63) is 74.8 Å². The van der Waals surface area contributed by atoms with Crippen LogP contribution in [-0.2, 0) is 27.1 Å². The molecule has 38 heavy (non-hydrogen) atoms. The Morgan fingerprint density at radius 1 is 1.26 bits per heavy atom. The molecule has 4 atom stereocenters. The van der Waals surface area contributed by atoms with E-state index >= 15 is 0 Å². The Morgan fingerprint density at radius 3 is 2.84 bits per heavy atom. The van der Waals surface area contributed by atoms with Gasteiger partial charge in [0.05, 0.1) is 0 Å². The molecule has 1 aromatic heterocycles. The van der Waals surface area contributed by atoms with Crippen LogP contribution in [0.3, 0.4) is 0 Å². The van der Waals surface area contributed by atoms with Gasteiger partial charge in [0.15, 0.2) is 11.0 Å². The van der Waals surface area contributed by atoms with Crippen LogP contribution in [0, 0.1) is 6.92 Å². The number of hydrogen-bond acceptors (Lipinski definition) is 9. The van der Waals surface area contributed by atoms with E-state index in [4.69, 9.17) is 24.4 Å². The number of benzene rings is 2. The predicted molar refractivity (Wildman–Crippen MR) is 140 cm³/mol. The van der Waals surface area contributed by atoms with E-state index in [1.165, 1.54) is 6.07 Å². The molecule has 1 fully saturated rings. The molecule has 0 amide bonds. The summed E-state index contributed by atoms with van der Waals surface area (Å²) in [7, 11) is 0. The topological polar surface area (TPSA) is 137 Å². The van der Waals surface area contributed by atoms with Gasteiger partial charge in [-0.3, -0.25) is 4.79 Å². The van der Waals surface area contributed by atoms with E-state index in [1.54, 1.807) is 19.9 Å². The number of fused-ring (bicyclic) bond motifs is 3. The van der Waals surface area contributed by atoms with Crippen molar-refractivity contribution in [3.8, 4) is 11.5 Å². The molecule has 4 heterocycles. The number of hydrogen-bond donors (Lipinski definition) is 3. The zero-order chi connectivity index (χ0) is 27.0. The van der Waals surface area contributed by atoms with E-state index in [2.05, 4.69) is 5.32 Å². The number of nitrogens with one attached hydrogen (secondary N) is 1. The Hall–Kier alpha value is -3.82. The van der Waals surface area contributed by atoms with Crippen molar-refractivity contribution < 1.29 is 28.5 Å². The van der Waals surface area contributed by atoms with Crippen LogP contribution in [0.25, 0.3) is 17.0 Å². The summed E-state index contributed by atoms with van der Waals surface area (Å²) in [5.41, 5.74) is 7.51. The molecule has 0 unspecified atom stereocenters. The first-order valence-electron chi connectivity index (χ1n) is 12.6. The first-order chi connectivity index (χ1) is 18.0. The van der Waals surface area contributed by atoms with E-state index in [9.17, 15) is 14.7 Å². The summed E-state index contributed by atoms with van der Waals surface area (Å²) in [6.45, 7) is 7.02. The van der Waals surface area contributed by atoms with Gasteiger partial charge in [-0.15, -0.1) is 0 Å². The van der Waals surface area contributed by atoms with Crippen LogP contribution in [0.1, 0.15) is 55.0 Å². The molecule has 3 aliphatic rings. The van der Waals surface area contributed by atoms with Gasteiger partial charge in [0.2, 0.25) is 0 Å². The van der Waals surface area contributed by atoms with Crippen molar-refractivity contribution in [1.29, 1.82) is 0 Å². The summed E-state index contributed by atoms with van der Waals surface area (Å²) >= 11 is 0. The highest BCUT2D eigenvalue weighted by atomic mass is 16.7. The molecule has 3 aromatic rings. The molecule has 3 aliphatic heterocycles. The number of rotatable bonds is 4. The average Bonchev–Trinajstić information content (AvgIpc) is 3.50. The number of carbonyl (C=O) groups excluding carboxylic acids is 1. The van der Waals surface area contributed by atoms with Gasteiger partial charge >= 0.3 is 5.97 Å². The molecular weight excluding hydrogens is 488 g/mol. The van der Waals surface area contributed by atoms with Gasteiger partial charge < -0.3 is 34.8 Å². The Bertz CT molecular complexity index is 1570. The van der Waals surface area contributed by atoms with E-state index in [0.717, 1.165) is 16.7 Å². The molecule has 198 valence electrons. The zero-order valence-electron chi connectivity index (χ0n) is 21.7. The fourth-order valence-electron chi connectivity index (χ4n) is 5.43. The Kier molecular flexibility index (Phi) is 5.38. The minimum absolute atomic E-state index is 0.0791. The van der Waals surface area contributed by atoms with E-state index < -0.39 is 23.3 Å². The van der Waals surface area contributed by atoms with Crippen molar-refractivity contribution >= 4 is 23.0 Å². The lowest BCUT2D eigenvalue weighted by Crippen LogP contribution is -2.50. The van der Waals surface area contributed by atoms with Crippen LogP contribution in [0.4, 0.5) is 0 Å². The van der Waals surface area contributed by atoms with Crippen molar-refractivity contribution in [2.75, 3.05) is 0 Å². The minimum atomic E-state index is -1.11. The summed E-state index contributed by atoms with van der Waals surface area (Å²) in [4.78, 5) is 25.9. The molecule has 1 saturated heterocycles. The summed E-state index contributed by atoms with van der Waals surface area (Å²) in [6, 6.07) is 8.87. The first kappa shape index (κ1) is 24.5. The Morgan fingerprint density at radius 2 is 2.05 bits per heavy atom. The van der Waals surface area contributed by atoms with E-state index in [0.29, 0.717) is 23.5 Å². The summed E-state index contributed by atoms with van der Waals surface area (Å²) in [5.74, 6) is 0.107. The Balaban J connectivity index is 1.22. The lowest BCUT2D eigenvalue weighted by Gasteiger charge is -2.39. The number of epoxide rings is 1. The minimum Gasteiger partial charge on any atom is -0.507 e. The summed E-state index contributed by atoms with van der Waals surface area (Å²) in [6.07, 6.45) is 3.14. The van der Waals surface area contributed by atoms with Gasteiger partial charge in [-0.1, -0.05) is 18.2 Å². The van der Waals surface area contributed by atoms with Crippen LogP contribution < -0.4 is 21.2 Å². The largest absolute Gasteiger partial charge is 0.507 e. The SMILES string of the molecule is Cc1cc(=O)c2c(O)c3c(cc2o1)OC(C)(C)[C@H](OC(=O)[C@@]1(C)O[C@@H]1Cc1cccc2c1C=CN[C@@H]2N)C3. The first-order valence-corrected chi connectivity index (χ1v) is 12.6. The van der Waals surface area contributed by atoms with Crippen molar-refractivity contribution in [3.63, 3.8) is 0 Å². The molecule has 4 N–H and O–H groups in total. The maximum absolute atomic E-state index is 13.4. The van der Waals surface area contributed by atoms with Gasteiger partial charge in [-0.05, 0) is 56.7 Å². The lowest BCUT2D eigenvalue weighted by molar-refractivity contribution is -0.166. The fraction of sp³-hybridized carbons (Fsp3) is 0.379. The van der Waals surface area contributed by atoms with Gasteiger partial charge in [0, 0.05) is 30.5 Å². The molecule has 9 heteroatoms. The van der Waals surface area contributed by atoms with Gasteiger partial charge in [0.1, 0.15) is 52.2 Å². The third-order valence-electron chi connectivity index (χ3n) is 7.81. The van der Waals surface area contributed by atoms with Crippen molar-refractivity contribution in [2.24, 2.45) is 5.73 Å². The standard InChI is InChI=1S/C29H30N2O7/c1-14-10-19(32)24-21(35-14)13-20-18(25(24)33)12-22(28(2,3)37-20)36-27(34)29(4)23(38-29)11-15-6-5-7-17-16(15)8-9-31-26(17)30/h5-10,13,22-23,26,31,33H,11-12,30H2,1-4H3/t22-,23-,26+,29+/m1/s1. The highest BCUT2D eigenvalue weighted by molar-refractivity contribution is 5.87. The van der Waals surface area contributed by atoms with E-state index in [1.807, 2.05) is 44.3 Å². The third kappa shape index (κ3) is 3.85. The molecule has 0 saturated carbocycles. The molecule has 6 rings (SSSR count). The summed E-state index contributed by atoms with van der Waals surface area (Å²) in [5, 5.41) is 14.1. The number of phenols is 1. The highest BCUT2D eigenvalue weighted by Gasteiger charge is 2.61. The van der Waals surface area contributed by atoms with Gasteiger partial charge in [0.25, 0.3) is 0 Å². The molecule has 0 aliphatic carbocycles. The van der Waals surface area contributed by atoms with Crippen LogP contribution in [0.5, 0.6) is 11.5 Å². The molecule has 0 radical (unpaired) electrons. The monoisotopic (exact) mass is 518 g/mol. The van der Waals surface area contributed by atoms with E-state index in [-0.39, 0.29) is 40.8 Å². The number of aryl methyl sites for hydroxylation is 1. The molecule has 2 aromatic carbocycles. The molecule has 9 nitrogen and oxygen atoms in total. The van der Waals surface area contributed by atoms with Crippen LogP contribution in [0.15, 0.2) is 45.7 Å². The fourth-order valence-corrected chi connectivity index (χ4v) is 5.43. The molecule has 0 spiro atoms. The van der Waals surface area contributed by atoms with Crippen LogP contribution >= 0.6 is 0 Å². The number of phenolic OH excluding ortho intramolecular Hbond substituents is 1. The van der Waals surface area contributed by atoms with Gasteiger partial charge in [-0.2, -0.15) is 0 Å². The van der Waals surface area contributed by atoms with Crippen molar-refractivity contribution in [1.82, 2.24) is 5.32 Å². The molecule has 0 bridgehead atoms. The Labute approximate surface area is 219 Å². The predicted octanol–water partition coefficient (Wildman–Crippen LogP) is 3.36. The number of esters is 1. The smallest absolute Gasteiger partial charge is 0.341 e. The normalized spacial score (nSPS) is 26.6. The van der Waals surface area contributed by atoms with Crippen LogP contribution in [0.2, 0.25) is 0 Å². The number of nitrogens with two attached hydrogens (primary N) is 1. The number of ether oxygens (including phenoxy) is 3. The van der Waals surface area contributed by atoms with Gasteiger partial charge in [-0.25, -0.2) is 4.79 Å². The highest BCUT2D eigenvalue weighted by Crippen LogP contribution is 2.45. The maximum atomic E-state index is 13.4. The van der Waals surface area contributed by atoms with Crippen LogP contribution in [-0.4, -0.2) is 34.5 Å². The number of aromatic hydroxyl groups is 1. The quantitative estimate of drug-likeness (QED) is 0.351. The lowest BCUT2D eigenvalue weighted by atomic mass is 9.89. The second-order valence-corrected chi connectivity index (χ2v) is 10.9. The zero-order valence-corrected chi connectivity index (χ0v) is 21.7. The molecular formula is C29H30N2O7. The van der Waals surface area contributed by atoms with Crippen molar-refractivity contribution in [2.45, 2.75) is 70.1 Å². The maximum Gasteiger partial charge on any atom is 0.341 e.